The Morgan fingerprint density at radius 1 is 1.13 bits per heavy atom. The molecule has 1 aliphatic heterocycles. The van der Waals surface area contributed by atoms with Crippen LogP contribution in [0, 0.1) is 23.4 Å². The van der Waals surface area contributed by atoms with Gasteiger partial charge >= 0.3 is 12.2 Å². The standard InChI is InChI=1S/C24H19F6N5O3/c1-10-8-34(23(38)31-10)17-5-4-13-19(36)14(22(37)33-20(11-2-3-11)24(28,29)30)9-35(21(13)32-17)18-15(26)6-12(25)7-16(18)27/h4-7,9-11,20H,2-3,8H2,1H3,(H,31,38)(H,33,37)/t10-,20-/m0/s1. The van der Waals surface area contributed by atoms with Gasteiger partial charge in [-0.25, -0.2) is 22.9 Å². The summed E-state index contributed by atoms with van der Waals surface area (Å²) in [7, 11) is 0. The number of hydrogen-bond acceptors (Lipinski definition) is 4. The molecule has 1 saturated heterocycles. The van der Waals surface area contributed by atoms with Crippen LogP contribution in [0.4, 0.5) is 37.0 Å². The highest BCUT2D eigenvalue weighted by atomic mass is 19.4. The number of halogens is 6. The number of carbonyl (C=O) groups is 2. The number of aromatic nitrogens is 2. The highest BCUT2D eigenvalue weighted by molar-refractivity contribution is 5.98. The third-order valence-electron chi connectivity index (χ3n) is 6.38. The first-order valence-electron chi connectivity index (χ1n) is 11.5. The number of carbonyl (C=O) groups excluding carboxylic acids is 2. The Hall–Kier alpha value is -4.10. The van der Waals surface area contributed by atoms with E-state index in [2.05, 4.69) is 10.3 Å². The quantitative estimate of drug-likeness (QED) is 0.483. The van der Waals surface area contributed by atoms with Crippen LogP contribution in [0.15, 0.2) is 35.3 Å². The van der Waals surface area contributed by atoms with Gasteiger partial charge in [0, 0.05) is 30.9 Å². The minimum atomic E-state index is -4.79. The summed E-state index contributed by atoms with van der Waals surface area (Å²) >= 11 is 0. The molecule has 200 valence electrons. The number of rotatable bonds is 5. The Kier molecular flexibility index (Phi) is 6.07. The van der Waals surface area contributed by atoms with Crippen LogP contribution in [0.1, 0.15) is 30.1 Å². The molecule has 1 saturated carbocycles. The molecule has 0 radical (unpaired) electrons. The van der Waals surface area contributed by atoms with Gasteiger partial charge in [-0.3, -0.25) is 19.1 Å². The van der Waals surface area contributed by atoms with Crippen molar-refractivity contribution in [3.8, 4) is 5.69 Å². The van der Waals surface area contributed by atoms with E-state index in [1.807, 2.05) is 5.32 Å². The lowest BCUT2D eigenvalue weighted by Gasteiger charge is -2.22. The van der Waals surface area contributed by atoms with Gasteiger partial charge in [0.1, 0.15) is 28.9 Å². The monoisotopic (exact) mass is 539 g/mol. The lowest BCUT2D eigenvalue weighted by Crippen LogP contribution is -2.48. The zero-order chi connectivity index (χ0) is 27.5. The summed E-state index contributed by atoms with van der Waals surface area (Å²) in [5.41, 5.74) is -3.22. The first kappa shape index (κ1) is 25.5. The molecule has 0 unspecified atom stereocenters. The highest BCUT2D eigenvalue weighted by Crippen LogP contribution is 2.40. The largest absolute Gasteiger partial charge is 0.408 e. The summed E-state index contributed by atoms with van der Waals surface area (Å²) in [4.78, 5) is 43.8. The van der Waals surface area contributed by atoms with E-state index in [0.29, 0.717) is 22.9 Å². The molecule has 38 heavy (non-hydrogen) atoms. The lowest BCUT2D eigenvalue weighted by atomic mass is 10.1. The van der Waals surface area contributed by atoms with Gasteiger partial charge in [-0.15, -0.1) is 0 Å². The van der Waals surface area contributed by atoms with Crippen LogP contribution < -0.4 is 21.0 Å². The molecule has 0 spiro atoms. The first-order valence-corrected chi connectivity index (χ1v) is 11.5. The van der Waals surface area contributed by atoms with Crippen molar-refractivity contribution < 1.29 is 35.9 Å². The van der Waals surface area contributed by atoms with Crippen molar-refractivity contribution >= 4 is 28.8 Å². The SMILES string of the molecule is C[C@H]1CN(c2ccc3c(=O)c(C(=O)N[C@@H](C4CC4)C(F)(F)F)cn(-c4c(F)cc(F)cc4F)c3n2)C(=O)N1. The predicted octanol–water partition coefficient (Wildman–Crippen LogP) is 3.79. The summed E-state index contributed by atoms with van der Waals surface area (Å²) in [5.74, 6) is -6.36. The molecule has 1 aliphatic carbocycles. The number of alkyl halides is 3. The number of amides is 3. The van der Waals surface area contributed by atoms with Crippen molar-refractivity contribution in [1.82, 2.24) is 20.2 Å². The Morgan fingerprint density at radius 3 is 2.34 bits per heavy atom. The predicted molar refractivity (Wildman–Crippen MR) is 123 cm³/mol. The highest BCUT2D eigenvalue weighted by Gasteiger charge is 2.50. The van der Waals surface area contributed by atoms with Gasteiger partial charge < -0.3 is 10.6 Å². The van der Waals surface area contributed by atoms with E-state index < -0.39 is 69.9 Å². The van der Waals surface area contributed by atoms with Crippen LogP contribution in [-0.2, 0) is 0 Å². The number of urea groups is 1. The molecule has 3 aromatic rings. The zero-order valence-electron chi connectivity index (χ0n) is 19.6. The molecular weight excluding hydrogens is 520 g/mol. The number of benzene rings is 1. The average Bonchev–Trinajstić information content (AvgIpc) is 3.59. The Balaban J connectivity index is 1.70. The first-order chi connectivity index (χ1) is 17.8. The van der Waals surface area contributed by atoms with E-state index in [-0.39, 0.29) is 36.6 Å². The minimum Gasteiger partial charge on any atom is -0.340 e. The summed E-state index contributed by atoms with van der Waals surface area (Å²) < 4.78 is 84.4. The average molecular weight is 539 g/mol. The number of nitrogens with one attached hydrogen (secondary N) is 2. The van der Waals surface area contributed by atoms with Crippen LogP contribution >= 0.6 is 0 Å². The van der Waals surface area contributed by atoms with Crippen LogP contribution in [-0.4, -0.2) is 46.3 Å². The van der Waals surface area contributed by atoms with Gasteiger partial charge in [0.15, 0.2) is 17.3 Å². The fourth-order valence-corrected chi connectivity index (χ4v) is 4.44. The Bertz CT molecular complexity index is 1510. The second-order valence-corrected chi connectivity index (χ2v) is 9.29. The van der Waals surface area contributed by atoms with Gasteiger partial charge in [-0.1, -0.05) is 0 Å². The molecule has 2 aliphatic rings. The molecule has 1 aromatic carbocycles. The molecule has 3 amide bonds. The van der Waals surface area contributed by atoms with Crippen molar-refractivity contribution in [3.63, 3.8) is 0 Å². The minimum absolute atomic E-state index is 0.00139. The third kappa shape index (κ3) is 4.54. The van der Waals surface area contributed by atoms with Crippen molar-refractivity contribution in [2.24, 2.45) is 5.92 Å². The molecule has 8 nitrogen and oxygen atoms in total. The summed E-state index contributed by atoms with van der Waals surface area (Å²) in [6.45, 7) is 1.90. The van der Waals surface area contributed by atoms with Crippen LogP contribution in [0.3, 0.4) is 0 Å². The fraction of sp³-hybridized carbons (Fsp3) is 0.333. The molecule has 0 bridgehead atoms. The van der Waals surface area contributed by atoms with E-state index in [1.54, 1.807) is 6.92 Å². The van der Waals surface area contributed by atoms with Crippen molar-refractivity contribution in [1.29, 1.82) is 0 Å². The second kappa shape index (κ2) is 9.03. The maximum absolute atomic E-state index is 14.8. The molecule has 14 heteroatoms. The van der Waals surface area contributed by atoms with E-state index in [4.69, 9.17) is 0 Å². The Morgan fingerprint density at radius 2 is 1.79 bits per heavy atom. The number of fused-ring (bicyclic) bond motifs is 1. The molecule has 3 heterocycles. The smallest absolute Gasteiger partial charge is 0.340 e. The molecular formula is C24H19F6N5O3. The lowest BCUT2D eigenvalue weighted by molar-refractivity contribution is -0.158. The van der Waals surface area contributed by atoms with E-state index in [1.165, 1.54) is 11.0 Å². The molecule has 2 fully saturated rings. The van der Waals surface area contributed by atoms with Crippen molar-refractivity contribution in [3.05, 3.63) is 63.7 Å². The van der Waals surface area contributed by atoms with Gasteiger partial charge in [0.05, 0.1) is 5.39 Å². The molecule has 5 rings (SSSR count). The van der Waals surface area contributed by atoms with Crippen molar-refractivity contribution in [2.75, 3.05) is 11.4 Å². The maximum atomic E-state index is 14.8. The van der Waals surface area contributed by atoms with E-state index in [0.717, 1.165) is 6.07 Å². The Labute approximate surface area is 210 Å². The van der Waals surface area contributed by atoms with Crippen LogP contribution in [0.2, 0.25) is 0 Å². The number of pyridine rings is 2. The maximum Gasteiger partial charge on any atom is 0.408 e. The number of nitrogens with zero attached hydrogens (tertiary/aromatic N) is 3. The second-order valence-electron chi connectivity index (χ2n) is 9.29. The molecule has 2 N–H and O–H groups in total. The summed E-state index contributed by atoms with van der Waals surface area (Å²) in [6, 6.07) is 0.121. The summed E-state index contributed by atoms with van der Waals surface area (Å²) in [5, 5.41) is 4.09. The van der Waals surface area contributed by atoms with Gasteiger partial charge in [0.2, 0.25) is 5.43 Å². The molecule has 2 atom stereocenters. The normalized spacial score (nSPS) is 18.6. The van der Waals surface area contributed by atoms with Gasteiger partial charge in [-0.05, 0) is 37.8 Å². The molecule has 2 aromatic heterocycles. The number of hydrogen-bond donors (Lipinski definition) is 2. The van der Waals surface area contributed by atoms with Crippen molar-refractivity contribution in [2.45, 2.75) is 38.0 Å². The van der Waals surface area contributed by atoms with E-state index in [9.17, 15) is 40.7 Å². The summed E-state index contributed by atoms with van der Waals surface area (Å²) in [6.07, 6.45) is -3.67. The zero-order valence-corrected chi connectivity index (χ0v) is 19.6. The fourth-order valence-electron chi connectivity index (χ4n) is 4.44. The van der Waals surface area contributed by atoms with Crippen LogP contribution in [0.25, 0.3) is 16.7 Å². The topological polar surface area (TPSA) is 96.3 Å². The van der Waals surface area contributed by atoms with Gasteiger partial charge in [-0.2, -0.15) is 13.2 Å². The van der Waals surface area contributed by atoms with Gasteiger partial charge in [0.25, 0.3) is 5.91 Å². The third-order valence-corrected chi connectivity index (χ3v) is 6.38. The van der Waals surface area contributed by atoms with E-state index >= 15 is 0 Å². The van der Waals surface area contributed by atoms with Crippen LogP contribution in [0.5, 0.6) is 0 Å². The number of anilines is 1.